The lowest BCUT2D eigenvalue weighted by molar-refractivity contribution is 0.0724. The van der Waals surface area contributed by atoms with Crippen molar-refractivity contribution in [1.82, 2.24) is 4.90 Å². The summed E-state index contributed by atoms with van der Waals surface area (Å²) in [5.41, 5.74) is 6.71. The highest BCUT2D eigenvalue weighted by Gasteiger charge is 2.22. The van der Waals surface area contributed by atoms with Gasteiger partial charge in [0.05, 0.1) is 12.3 Å². The lowest BCUT2D eigenvalue weighted by Gasteiger charge is -2.20. The first kappa shape index (κ1) is 16.0. The molecule has 1 aromatic heterocycles. The van der Waals surface area contributed by atoms with E-state index in [1.165, 1.54) is 11.3 Å². The smallest absolute Gasteiger partial charge is 0.266 e. The summed E-state index contributed by atoms with van der Waals surface area (Å²) < 4.78 is 6.95. The fourth-order valence-corrected chi connectivity index (χ4v) is 3.89. The average molecular weight is 369 g/mol. The summed E-state index contributed by atoms with van der Waals surface area (Å²) in [7, 11) is 1.61. The minimum atomic E-state index is -0.0856. The van der Waals surface area contributed by atoms with Gasteiger partial charge in [-0.1, -0.05) is 28.1 Å². The summed E-state index contributed by atoms with van der Waals surface area (Å²) >= 11 is 4.90. The number of methoxy groups -OCH3 is 1. The van der Waals surface area contributed by atoms with E-state index in [1.54, 1.807) is 18.1 Å². The molecule has 2 aromatic rings. The summed E-state index contributed by atoms with van der Waals surface area (Å²) in [4.78, 5) is 14.9. The number of nitrogens with two attached hydrogens (primary N) is 1. The topological polar surface area (TPSA) is 55.6 Å². The van der Waals surface area contributed by atoms with Crippen molar-refractivity contribution >= 4 is 48.9 Å². The van der Waals surface area contributed by atoms with Gasteiger partial charge in [-0.2, -0.15) is 0 Å². The second kappa shape index (κ2) is 7.06. The second-order valence-corrected chi connectivity index (χ2v) is 6.40. The molecule has 0 saturated carbocycles. The fraction of sp³-hybridized carbons (Fsp3) is 0.267. The normalized spacial score (nSPS) is 10.8. The van der Waals surface area contributed by atoms with Crippen LogP contribution in [-0.2, 0) is 4.74 Å². The molecule has 0 saturated heterocycles. The van der Waals surface area contributed by atoms with Gasteiger partial charge >= 0.3 is 0 Å². The highest BCUT2D eigenvalue weighted by Crippen LogP contribution is 2.38. The van der Waals surface area contributed by atoms with Crippen molar-refractivity contribution in [2.45, 2.75) is 0 Å². The van der Waals surface area contributed by atoms with Crippen LogP contribution in [-0.4, -0.2) is 37.6 Å². The van der Waals surface area contributed by atoms with E-state index < -0.39 is 0 Å². The van der Waals surface area contributed by atoms with E-state index in [-0.39, 0.29) is 5.91 Å². The molecular weight excluding hydrogens is 352 g/mol. The molecule has 21 heavy (non-hydrogen) atoms. The number of thiophene rings is 1. The maximum absolute atomic E-state index is 12.7. The first-order valence-corrected chi connectivity index (χ1v) is 8.06. The largest absolute Gasteiger partial charge is 0.397 e. The third-order valence-electron chi connectivity index (χ3n) is 3.10. The Hall–Kier alpha value is -1.37. The van der Waals surface area contributed by atoms with Gasteiger partial charge < -0.3 is 15.4 Å². The quantitative estimate of drug-likeness (QED) is 0.793. The summed E-state index contributed by atoms with van der Waals surface area (Å²) in [5.74, 6) is -0.0856. The van der Waals surface area contributed by atoms with E-state index in [9.17, 15) is 4.79 Å². The molecule has 0 bridgehead atoms. The van der Waals surface area contributed by atoms with E-state index >= 15 is 0 Å². The highest BCUT2D eigenvalue weighted by atomic mass is 79.9. The average Bonchev–Trinajstić information content (AvgIpc) is 2.81. The number of fused-ring (bicyclic) bond motifs is 1. The van der Waals surface area contributed by atoms with Gasteiger partial charge in [-0.3, -0.25) is 4.79 Å². The standard InChI is InChI=1S/C15H17BrN2O2S/c1-3-7-18(8-9-20-2)15(19)14-13(17)12-10(16)5-4-6-11(12)21-14/h3-6H,1,7-9,17H2,2H3. The van der Waals surface area contributed by atoms with Gasteiger partial charge in [-0.25, -0.2) is 0 Å². The van der Waals surface area contributed by atoms with Crippen LogP contribution in [0, 0.1) is 0 Å². The van der Waals surface area contributed by atoms with Crippen LogP contribution in [0.3, 0.4) is 0 Å². The molecule has 0 fully saturated rings. The van der Waals surface area contributed by atoms with Crippen molar-refractivity contribution in [1.29, 1.82) is 0 Å². The first-order valence-electron chi connectivity index (χ1n) is 6.45. The maximum atomic E-state index is 12.7. The molecule has 2 N–H and O–H groups in total. The minimum absolute atomic E-state index is 0.0856. The van der Waals surface area contributed by atoms with Crippen molar-refractivity contribution < 1.29 is 9.53 Å². The zero-order chi connectivity index (χ0) is 15.4. The van der Waals surface area contributed by atoms with Crippen LogP contribution in [0.5, 0.6) is 0 Å². The van der Waals surface area contributed by atoms with Crippen molar-refractivity contribution in [3.8, 4) is 0 Å². The number of hydrogen-bond donors (Lipinski definition) is 1. The number of hydrogen-bond acceptors (Lipinski definition) is 4. The molecule has 0 aliphatic heterocycles. The molecule has 0 aliphatic carbocycles. The van der Waals surface area contributed by atoms with E-state index in [4.69, 9.17) is 10.5 Å². The molecule has 112 valence electrons. The minimum Gasteiger partial charge on any atom is -0.397 e. The van der Waals surface area contributed by atoms with Gasteiger partial charge in [-0.15, -0.1) is 17.9 Å². The van der Waals surface area contributed by atoms with Gasteiger partial charge in [0.1, 0.15) is 4.88 Å². The van der Waals surface area contributed by atoms with Crippen molar-refractivity contribution in [2.24, 2.45) is 0 Å². The number of halogens is 1. The second-order valence-electron chi connectivity index (χ2n) is 4.49. The van der Waals surface area contributed by atoms with E-state index in [0.29, 0.717) is 30.3 Å². The molecule has 4 nitrogen and oxygen atoms in total. The Morgan fingerprint density at radius 3 is 2.95 bits per heavy atom. The summed E-state index contributed by atoms with van der Waals surface area (Å²) in [6.07, 6.45) is 1.70. The summed E-state index contributed by atoms with van der Waals surface area (Å²) in [6, 6.07) is 5.82. The monoisotopic (exact) mass is 368 g/mol. The maximum Gasteiger partial charge on any atom is 0.266 e. The van der Waals surface area contributed by atoms with Crippen molar-refractivity contribution in [3.63, 3.8) is 0 Å². The number of nitrogens with zero attached hydrogens (tertiary/aromatic N) is 1. The Balaban J connectivity index is 2.39. The summed E-state index contributed by atoms with van der Waals surface area (Å²) in [5, 5.41) is 0.899. The first-order chi connectivity index (χ1) is 10.1. The number of amides is 1. The number of rotatable bonds is 6. The van der Waals surface area contributed by atoms with Crippen LogP contribution in [0.2, 0.25) is 0 Å². The predicted octanol–water partition coefficient (Wildman–Crippen LogP) is 3.52. The zero-order valence-corrected chi connectivity index (χ0v) is 14.2. The van der Waals surface area contributed by atoms with Crippen LogP contribution in [0.4, 0.5) is 5.69 Å². The number of anilines is 1. The van der Waals surface area contributed by atoms with E-state index in [0.717, 1.165) is 14.6 Å². The third kappa shape index (κ3) is 3.28. The van der Waals surface area contributed by atoms with Crippen molar-refractivity contribution in [2.75, 3.05) is 32.5 Å². The number of benzene rings is 1. The molecular formula is C15H17BrN2O2S. The fourth-order valence-electron chi connectivity index (χ4n) is 2.06. The number of carbonyl (C=O) groups is 1. The number of ether oxygens (including phenoxy) is 1. The Morgan fingerprint density at radius 1 is 1.57 bits per heavy atom. The molecule has 0 radical (unpaired) electrons. The van der Waals surface area contributed by atoms with Crippen LogP contribution >= 0.6 is 27.3 Å². The summed E-state index contributed by atoms with van der Waals surface area (Å²) in [6.45, 7) is 5.15. The van der Waals surface area contributed by atoms with Gasteiger partial charge in [0.2, 0.25) is 0 Å². The Bertz CT molecular complexity index is 669. The van der Waals surface area contributed by atoms with Gasteiger partial charge in [0, 0.05) is 34.8 Å². The molecule has 1 aromatic carbocycles. The molecule has 1 heterocycles. The lowest BCUT2D eigenvalue weighted by Crippen LogP contribution is -2.33. The van der Waals surface area contributed by atoms with Crippen LogP contribution in [0.15, 0.2) is 35.3 Å². The molecule has 6 heteroatoms. The Labute approximate surface area is 136 Å². The van der Waals surface area contributed by atoms with Crippen LogP contribution in [0.25, 0.3) is 10.1 Å². The van der Waals surface area contributed by atoms with Crippen molar-refractivity contribution in [3.05, 3.63) is 40.2 Å². The van der Waals surface area contributed by atoms with E-state index in [2.05, 4.69) is 22.5 Å². The lowest BCUT2D eigenvalue weighted by atomic mass is 10.2. The molecule has 0 atom stereocenters. The van der Waals surface area contributed by atoms with Gasteiger partial charge in [0.15, 0.2) is 0 Å². The Kier molecular flexibility index (Phi) is 5.39. The Morgan fingerprint density at radius 2 is 2.33 bits per heavy atom. The zero-order valence-electron chi connectivity index (χ0n) is 11.8. The molecule has 0 aliphatic rings. The number of carbonyl (C=O) groups excluding carboxylic acids is 1. The third-order valence-corrected chi connectivity index (χ3v) is 4.92. The van der Waals surface area contributed by atoms with Crippen LogP contribution in [0.1, 0.15) is 9.67 Å². The molecule has 2 rings (SSSR count). The molecule has 0 unspecified atom stereocenters. The number of nitrogen functional groups attached to an aromatic ring is 1. The molecule has 1 amide bonds. The molecule has 0 spiro atoms. The SMILES string of the molecule is C=CCN(CCOC)C(=O)c1sc2cccc(Br)c2c1N. The van der Waals surface area contributed by atoms with Crippen LogP contribution < -0.4 is 5.73 Å². The predicted molar refractivity (Wildman–Crippen MR) is 91.9 cm³/mol. The van der Waals surface area contributed by atoms with Gasteiger partial charge in [-0.05, 0) is 12.1 Å². The highest BCUT2D eigenvalue weighted by molar-refractivity contribution is 9.10. The van der Waals surface area contributed by atoms with Gasteiger partial charge in [0.25, 0.3) is 5.91 Å². The van der Waals surface area contributed by atoms with E-state index in [1.807, 2.05) is 18.2 Å².